The summed E-state index contributed by atoms with van der Waals surface area (Å²) in [7, 11) is 0. The molecule has 18 heavy (non-hydrogen) atoms. The van der Waals surface area contributed by atoms with Crippen LogP contribution in [-0.2, 0) is 0 Å². The minimum atomic E-state index is -0.511. The highest BCUT2D eigenvalue weighted by molar-refractivity contribution is 8.00. The average molecular weight is 271 g/mol. The van der Waals surface area contributed by atoms with E-state index in [0.29, 0.717) is 10.8 Å². The predicted octanol–water partition coefficient (Wildman–Crippen LogP) is 3.90. The van der Waals surface area contributed by atoms with Crippen LogP contribution >= 0.6 is 11.8 Å². The van der Waals surface area contributed by atoms with Gasteiger partial charge in [-0.15, -0.1) is 0 Å². The number of nitrogens with one attached hydrogen (secondary N) is 1. The summed E-state index contributed by atoms with van der Waals surface area (Å²) < 4.78 is 26.9. The third kappa shape index (κ3) is 3.23. The van der Waals surface area contributed by atoms with Gasteiger partial charge in [0.1, 0.15) is 11.6 Å². The molecule has 2 rings (SSSR count). The van der Waals surface area contributed by atoms with Gasteiger partial charge in [-0.1, -0.05) is 19.4 Å². The van der Waals surface area contributed by atoms with Gasteiger partial charge in [-0.2, -0.15) is 11.8 Å². The van der Waals surface area contributed by atoms with E-state index in [0.717, 1.165) is 24.8 Å². The Bertz CT molecular complexity index is 391. The van der Waals surface area contributed by atoms with Crippen LogP contribution < -0.4 is 5.32 Å². The lowest BCUT2D eigenvalue weighted by atomic mass is 9.98. The molecule has 4 heteroatoms. The summed E-state index contributed by atoms with van der Waals surface area (Å²) in [5.74, 6) is 0.185. The highest BCUT2D eigenvalue weighted by Crippen LogP contribution is 2.35. The number of hydrogen-bond donors (Lipinski definition) is 1. The van der Waals surface area contributed by atoms with Crippen molar-refractivity contribution < 1.29 is 8.78 Å². The molecule has 0 aromatic heterocycles. The van der Waals surface area contributed by atoms with Crippen molar-refractivity contribution in [1.29, 1.82) is 0 Å². The number of hydrogen-bond acceptors (Lipinski definition) is 2. The van der Waals surface area contributed by atoms with Crippen molar-refractivity contribution in [1.82, 2.24) is 5.32 Å². The molecule has 0 saturated carbocycles. The minimum Gasteiger partial charge on any atom is -0.309 e. The van der Waals surface area contributed by atoms with E-state index < -0.39 is 11.6 Å². The van der Waals surface area contributed by atoms with Gasteiger partial charge >= 0.3 is 0 Å². The fourth-order valence-corrected chi connectivity index (χ4v) is 3.89. The Morgan fingerprint density at radius 1 is 1.39 bits per heavy atom. The summed E-state index contributed by atoms with van der Waals surface area (Å²) in [6.07, 6.45) is 3.54. The lowest BCUT2D eigenvalue weighted by Gasteiger charge is -2.31. The van der Waals surface area contributed by atoms with Crippen molar-refractivity contribution in [2.45, 2.75) is 37.5 Å². The van der Waals surface area contributed by atoms with E-state index in [1.165, 1.54) is 18.9 Å². The Labute approximate surface area is 111 Å². The molecule has 1 saturated heterocycles. The molecule has 1 aromatic carbocycles. The lowest BCUT2D eigenvalue weighted by Crippen LogP contribution is -2.32. The third-order valence-electron chi connectivity index (χ3n) is 3.31. The maximum Gasteiger partial charge on any atom is 0.130 e. The smallest absolute Gasteiger partial charge is 0.130 e. The Morgan fingerprint density at radius 3 is 2.83 bits per heavy atom. The molecule has 0 spiro atoms. The summed E-state index contributed by atoms with van der Waals surface area (Å²) in [5.41, 5.74) is 0.595. The summed E-state index contributed by atoms with van der Waals surface area (Å²) in [6, 6.07) is 3.89. The van der Waals surface area contributed by atoms with E-state index in [9.17, 15) is 8.78 Å². The highest BCUT2D eigenvalue weighted by atomic mass is 32.2. The van der Waals surface area contributed by atoms with E-state index >= 15 is 0 Å². The standard InChI is InChI=1S/C14H19F2NS/c1-2-17-14(13-5-3-4-8-18-13)11-7-6-10(15)9-12(11)16/h6-7,9,13-14,17H,2-5,8H2,1H3. The van der Waals surface area contributed by atoms with Crippen LogP contribution in [0.1, 0.15) is 37.8 Å². The first-order chi connectivity index (χ1) is 8.72. The topological polar surface area (TPSA) is 12.0 Å². The molecule has 2 unspecified atom stereocenters. The first-order valence-electron chi connectivity index (χ1n) is 6.52. The van der Waals surface area contributed by atoms with Gasteiger partial charge in [0.25, 0.3) is 0 Å². The Morgan fingerprint density at radius 2 is 2.22 bits per heavy atom. The molecule has 0 aliphatic carbocycles. The van der Waals surface area contributed by atoms with Gasteiger partial charge in [-0.05, 0) is 31.2 Å². The normalized spacial score (nSPS) is 21.8. The molecule has 0 amide bonds. The van der Waals surface area contributed by atoms with Gasteiger partial charge in [0, 0.05) is 22.9 Å². The molecule has 1 aromatic rings. The fourth-order valence-electron chi connectivity index (χ4n) is 2.44. The summed E-state index contributed by atoms with van der Waals surface area (Å²) in [6.45, 7) is 2.81. The molecule has 0 bridgehead atoms. The van der Waals surface area contributed by atoms with E-state index in [1.807, 2.05) is 18.7 Å². The monoisotopic (exact) mass is 271 g/mol. The first kappa shape index (κ1) is 13.8. The van der Waals surface area contributed by atoms with Crippen LogP contribution in [0.3, 0.4) is 0 Å². The second kappa shape index (κ2) is 6.53. The Balaban J connectivity index is 2.22. The van der Waals surface area contributed by atoms with Crippen LogP contribution in [0.15, 0.2) is 18.2 Å². The molecule has 2 atom stereocenters. The molecule has 100 valence electrons. The quantitative estimate of drug-likeness (QED) is 0.891. The summed E-state index contributed by atoms with van der Waals surface area (Å²) in [5, 5.41) is 3.73. The van der Waals surface area contributed by atoms with Crippen molar-refractivity contribution in [3.8, 4) is 0 Å². The van der Waals surface area contributed by atoms with E-state index in [1.54, 1.807) is 6.07 Å². The third-order valence-corrected chi connectivity index (χ3v) is 4.77. The van der Waals surface area contributed by atoms with Gasteiger partial charge in [0.15, 0.2) is 0 Å². The van der Waals surface area contributed by atoms with Crippen LogP contribution in [0.2, 0.25) is 0 Å². The van der Waals surface area contributed by atoms with Crippen LogP contribution in [0.4, 0.5) is 8.78 Å². The largest absolute Gasteiger partial charge is 0.309 e. The zero-order valence-electron chi connectivity index (χ0n) is 10.6. The van der Waals surface area contributed by atoms with Gasteiger partial charge in [0.2, 0.25) is 0 Å². The SMILES string of the molecule is CCNC(c1ccc(F)cc1F)C1CCCCS1. The van der Waals surface area contributed by atoms with E-state index in [2.05, 4.69) is 5.32 Å². The number of halogens is 2. The van der Waals surface area contributed by atoms with Crippen molar-refractivity contribution >= 4 is 11.8 Å². The maximum atomic E-state index is 13.9. The number of thioether (sulfide) groups is 1. The fraction of sp³-hybridized carbons (Fsp3) is 0.571. The molecule has 1 heterocycles. The van der Waals surface area contributed by atoms with Crippen molar-refractivity contribution in [2.24, 2.45) is 0 Å². The van der Waals surface area contributed by atoms with E-state index in [4.69, 9.17) is 0 Å². The van der Waals surface area contributed by atoms with Gasteiger partial charge in [-0.3, -0.25) is 0 Å². The predicted molar refractivity (Wildman–Crippen MR) is 72.9 cm³/mol. The van der Waals surface area contributed by atoms with E-state index in [-0.39, 0.29) is 6.04 Å². The number of rotatable bonds is 4. The molecule has 1 nitrogen and oxygen atoms in total. The summed E-state index contributed by atoms with van der Waals surface area (Å²) in [4.78, 5) is 0. The Kier molecular flexibility index (Phi) is 5.01. The molecule has 1 fully saturated rings. The van der Waals surface area contributed by atoms with Crippen molar-refractivity contribution in [3.05, 3.63) is 35.4 Å². The highest BCUT2D eigenvalue weighted by Gasteiger charge is 2.27. The van der Waals surface area contributed by atoms with Crippen LogP contribution in [0.25, 0.3) is 0 Å². The minimum absolute atomic E-state index is 0.0131. The van der Waals surface area contributed by atoms with Gasteiger partial charge in [0.05, 0.1) is 0 Å². The Hall–Kier alpha value is -0.610. The van der Waals surface area contributed by atoms with Crippen molar-refractivity contribution in [3.63, 3.8) is 0 Å². The lowest BCUT2D eigenvalue weighted by molar-refractivity contribution is 0.465. The van der Waals surface area contributed by atoms with Gasteiger partial charge in [-0.25, -0.2) is 8.78 Å². The first-order valence-corrected chi connectivity index (χ1v) is 7.57. The molecule has 0 radical (unpaired) electrons. The van der Waals surface area contributed by atoms with Crippen LogP contribution in [0.5, 0.6) is 0 Å². The van der Waals surface area contributed by atoms with Gasteiger partial charge < -0.3 is 5.32 Å². The zero-order valence-corrected chi connectivity index (χ0v) is 11.4. The summed E-state index contributed by atoms with van der Waals surface area (Å²) >= 11 is 1.90. The second-order valence-electron chi connectivity index (χ2n) is 4.61. The molecular weight excluding hydrogens is 252 g/mol. The number of benzene rings is 1. The second-order valence-corrected chi connectivity index (χ2v) is 5.95. The van der Waals surface area contributed by atoms with Crippen LogP contribution in [0, 0.1) is 11.6 Å². The van der Waals surface area contributed by atoms with Crippen molar-refractivity contribution in [2.75, 3.05) is 12.3 Å². The average Bonchev–Trinajstić information content (AvgIpc) is 2.38. The molecule has 1 aliphatic rings. The van der Waals surface area contributed by atoms with Crippen LogP contribution in [-0.4, -0.2) is 17.5 Å². The zero-order chi connectivity index (χ0) is 13.0. The molecule has 1 N–H and O–H groups in total. The molecular formula is C14H19F2NS. The molecule has 1 aliphatic heterocycles. The maximum absolute atomic E-state index is 13.9.